The van der Waals surface area contributed by atoms with Crippen LogP contribution in [0.5, 0.6) is 0 Å². The van der Waals surface area contributed by atoms with E-state index in [1.165, 1.54) is 11.3 Å². The van der Waals surface area contributed by atoms with Gasteiger partial charge in [-0.2, -0.15) is 0 Å². The van der Waals surface area contributed by atoms with Gasteiger partial charge in [0.15, 0.2) is 0 Å². The molecule has 0 fully saturated rings. The molecule has 0 radical (unpaired) electrons. The number of rotatable bonds is 6. The van der Waals surface area contributed by atoms with Crippen LogP contribution in [0.2, 0.25) is 0 Å². The Morgan fingerprint density at radius 1 is 1.24 bits per heavy atom. The monoisotopic (exact) mass is 325 g/mol. The third kappa shape index (κ3) is 4.10. The minimum Gasteiger partial charge on any atom is -0.315 e. The van der Waals surface area contributed by atoms with E-state index in [0.29, 0.717) is 16.4 Å². The Morgan fingerprint density at radius 3 is 2.67 bits per heavy atom. The van der Waals surface area contributed by atoms with Gasteiger partial charge in [-0.15, -0.1) is 11.3 Å². The summed E-state index contributed by atoms with van der Waals surface area (Å²) >= 11 is 1.30. The van der Waals surface area contributed by atoms with Gasteiger partial charge in [-0.3, -0.25) is 4.98 Å². The Kier molecular flexibility index (Phi) is 5.10. The van der Waals surface area contributed by atoms with Crippen LogP contribution in [0.15, 0.2) is 28.5 Å². The maximum atomic E-state index is 12.3. The van der Waals surface area contributed by atoms with Gasteiger partial charge in [0.25, 0.3) is 0 Å². The van der Waals surface area contributed by atoms with Crippen molar-refractivity contribution in [2.75, 3.05) is 7.05 Å². The summed E-state index contributed by atoms with van der Waals surface area (Å²) in [5, 5.41) is 3.04. The van der Waals surface area contributed by atoms with Crippen molar-refractivity contribution in [3.8, 4) is 0 Å². The highest BCUT2D eigenvalue weighted by Crippen LogP contribution is 2.25. The molecule has 2 aromatic rings. The average molecular weight is 325 g/mol. The summed E-state index contributed by atoms with van der Waals surface area (Å²) < 4.78 is 27.6. The standard InChI is InChI=1S/C14H19N3O2S2/c1-10-7-14(20-13(10)9-15-3)21(18,19)16-8-12-6-4-5-11(2)17-12/h4-7,15-16H,8-9H2,1-3H3. The predicted molar refractivity (Wildman–Crippen MR) is 84.8 cm³/mol. The molecule has 0 atom stereocenters. The maximum absolute atomic E-state index is 12.3. The van der Waals surface area contributed by atoms with Crippen molar-refractivity contribution in [2.45, 2.75) is 31.1 Å². The molecule has 2 heterocycles. The van der Waals surface area contributed by atoms with Gasteiger partial charge in [0.1, 0.15) is 4.21 Å². The Balaban J connectivity index is 2.13. The first-order valence-electron chi connectivity index (χ1n) is 6.58. The van der Waals surface area contributed by atoms with Crippen molar-refractivity contribution < 1.29 is 8.42 Å². The Hall–Kier alpha value is -1.28. The summed E-state index contributed by atoms with van der Waals surface area (Å²) in [6.07, 6.45) is 0. The van der Waals surface area contributed by atoms with Gasteiger partial charge in [-0.05, 0) is 44.7 Å². The summed E-state index contributed by atoms with van der Waals surface area (Å²) in [6, 6.07) is 7.27. The fourth-order valence-corrected chi connectivity index (χ4v) is 4.54. The van der Waals surface area contributed by atoms with E-state index >= 15 is 0 Å². The lowest BCUT2D eigenvalue weighted by Gasteiger charge is -2.05. The topological polar surface area (TPSA) is 71.1 Å². The van der Waals surface area contributed by atoms with Crippen LogP contribution in [0.4, 0.5) is 0 Å². The largest absolute Gasteiger partial charge is 0.315 e. The van der Waals surface area contributed by atoms with E-state index in [1.807, 2.05) is 39.1 Å². The number of hydrogen-bond acceptors (Lipinski definition) is 5. The molecule has 0 aliphatic carbocycles. The lowest BCUT2D eigenvalue weighted by molar-refractivity contribution is 0.582. The zero-order chi connectivity index (χ0) is 15.5. The van der Waals surface area contributed by atoms with Crippen molar-refractivity contribution >= 4 is 21.4 Å². The summed E-state index contributed by atoms with van der Waals surface area (Å²) in [5.74, 6) is 0. The molecule has 2 rings (SSSR count). The van der Waals surface area contributed by atoms with E-state index in [2.05, 4.69) is 15.0 Å². The fraction of sp³-hybridized carbons (Fsp3) is 0.357. The van der Waals surface area contributed by atoms with Crippen molar-refractivity contribution in [1.82, 2.24) is 15.0 Å². The van der Waals surface area contributed by atoms with Gasteiger partial charge in [0.05, 0.1) is 12.2 Å². The van der Waals surface area contributed by atoms with Crippen LogP contribution in [0.3, 0.4) is 0 Å². The number of sulfonamides is 1. The third-order valence-electron chi connectivity index (χ3n) is 2.99. The lowest BCUT2D eigenvalue weighted by Crippen LogP contribution is -2.23. The molecule has 7 heteroatoms. The molecule has 0 bridgehead atoms. The van der Waals surface area contributed by atoms with Crippen molar-refractivity contribution in [2.24, 2.45) is 0 Å². The van der Waals surface area contributed by atoms with Crippen LogP contribution in [0, 0.1) is 13.8 Å². The normalized spacial score (nSPS) is 11.8. The fourth-order valence-electron chi connectivity index (χ4n) is 1.90. The van der Waals surface area contributed by atoms with Gasteiger partial charge in [0.2, 0.25) is 10.0 Å². The molecule has 0 aromatic carbocycles. The number of nitrogens with zero attached hydrogens (tertiary/aromatic N) is 1. The van der Waals surface area contributed by atoms with E-state index in [1.54, 1.807) is 6.07 Å². The number of pyridine rings is 1. The molecule has 0 spiro atoms. The van der Waals surface area contributed by atoms with Crippen molar-refractivity contribution in [1.29, 1.82) is 0 Å². The van der Waals surface area contributed by atoms with Crippen LogP contribution in [0.1, 0.15) is 21.8 Å². The molecule has 2 aromatic heterocycles. The molecule has 0 saturated carbocycles. The Labute approximate surface area is 129 Å². The van der Waals surface area contributed by atoms with E-state index in [-0.39, 0.29) is 6.54 Å². The molecule has 0 unspecified atom stereocenters. The second kappa shape index (κ2) is 6.65. The molecular formula is C14H19N3O2S2. The number of nitrogens with one attached hydrogen (secondary N) is 2. The molecule has 2 N–H and O–H groups in total. The highest BCUT2D eigenvalue weighted by molar-refractivity contribution is 7.91. The molecule has 0 saturated heterocycles. The van der Waals surface area contributed by atoms with Crippen LogP contribution in [0.25, 0.3) is 0 Å². The van der Waals surface area contributed by atoms with Crippen LogP contribution in [-0.2, 0) is 23.1 Å². The molecule has 21 heavy (non-hydrogen) atoms. The predicted octanol–water partition coefficient (Wildman–Crippen LogP) is 1.96. The third-order valence-corrected chi connectivity index (χ3v) is 6.10. The van der Waals surface area contributed by atoms with Crippen molar-refractivity contribution in [3.05, 3.63) is 46.1 Å². The Morgan fingerprint density at radius 2 is 2.00 bits per heavy atom. The summed E-state index contributed by atoms with van der Waals surface area (Å²) in [4.78, 5) is 5.32. The summed E-state index contributed by atoms with van der Waals surface area (Å²) in [7, 11) is -1.65. The first-order chi connectivity index (χ1) is 9.92. The van der Waals surface area contributed by atoms with E-state index in [0.717, 1.165) is 16.1 Å². The summed E-state index contributed by atoms with van der Waals surface area (Å²) in [5.41, 5.74) is 2.57. The number of hydrogen-bond donors (Lipinski definition) is 2. The molecule has 0 amide bonds. The van der Waals surface area contributed by atoms with Gasteiger partial charge in [0, 0.05) is 17.1 Å². The first-order valence-corrected chi connectivity index (χ1v) is 8.88. The quantitative estimate of drug-likeness (QED) is 0.852. The maximum Gasteiger partial charge on any atom is 0.250 e. The SMILES string of the molecule is CNCc1sc(S(=O)(=O)NCc2cccc(C)n2)cc1C. The minimum atomic E-state index is -3.49. The number of thiophene rings is 1. The smallest absolute Gasteiger partial charge is 0.250 e. The summed E-state index contributed by atoms with van der Waals surface area (Å²) in [6.45, 7) is 4.67. The zero-order valence-electron chi connectivity index (χ0n) is 12.3. The van der Waals surface area contributed by atoms with E-state index in [4.69, 9.17) is 0 Å². The second-order valence-corrected chi connectivity index (χ2v) is 7.93. The Bertz CT molecular complexity index is 724. The van der Waals surface area contributed by atoms with E-state index in [9.17, 15) is 8.42 Å². The molecular weight excluding hydrogens is 306 g/mol. The second-order valence-electron chi connectivity index (χ2n) is 4.80. The number of aromatic nitrogens is 1. The average Bonchev–Trinajstić information content (AvgIpc) is 2.80. The van der Waals surface area contributed by atoms with Gasteiger partial charge in [-0.25, -0.2) is 13.1 Å². The minimum absolute atomic E-state index is 0.197. The molecule has 5 nitrogen and oxygen atoms in total. The van der Waals surface area contributed by atoms with Crippen LogP contribution in [-0.4, -0.2) is 20.4 Å². The van der Waals surface area contributed by atoms with Gasteiger partial charge in [-0.1, -0.05) is 6.07 Å². The highest BCUT2D eigenvalue weighted by atomic mass is 32.2. The van der Waals surface area contributed by atoms with Crippen LogP contribution >= 0.6 is 11.3 Å². The van der Waals surface area contributed by atoms with Gasteiger partial charge >= 0.3 is 0 Å². The number of aryl methyl sites for hydroxylation is 2. The van der Waals surface area contributed by atoms with E-state index < -0.39 is 10.0 Å². The molecule has 0 aliphatic heterocycles. The van der Waals surface area contributed by atoms with Gasteiger partial charge < -0.3 is 5.32 Å². The molecule has 0 aliphatic rings. The zero-order valence-corrected chi connectivity index (χ0v) is 13.9. The lowest BCUT2D eigenvalue weighted by atomic mass is 10.3. The first kappa shape index (κ1) is 16.1. The van der Waals surface area contributed by atoms with Crippen molar-refractivity contribution in [3.63, 3.8) is 0 Å². The van der Waals surface area contributed by atoms with Crippen LogP contribution < -0.4 is 10.0 Å². The molecule has 114 valence electrons. The highest BCUT2D eigenvalue weighted by Gasteiger charge is 2.18.